The highest BCUT2D eigenvalue weighted by Gasteiger charge is 2.17. The number of nitrogens with two attached hydrogens (primary N) is 1. The Morgan fingerprint density at radius 3 is 2.74 bits per heavy atom. The number of hydrogen-bond acceptors (Lipinski definition) is 4. The topological polar surface area (TPSA) is 77.0 Å². The molecule has 27 heavy (non-hydrogen) atoms. The van der Waals surface area contributed by atoms with Gasteiger partial charge in [-0.1, -0.05) is 37.6 Å². The number of aromatic nitrogens is 3. The van der Waals surface area contributed by atoms with Gasteiger partial charge in [0.05, 0.1) is 11.0 Å². The molecule has 0 saturated carbocycles. The first kappa shape index (κ1) is 17.3. The molecule has 2 aromatic carbocycles. The fraction of sp³-hybridized carbons (Fsp3) is 0.238. The number of phenols is 1. The molecule has 6 heteroatoms. The van der Waals surface area contributed by atoms with E-state index in [1.165, 1.54) is 12.1 Å². The molecule has 0 aliphatic rings. The monoisotopic (exact) mass is 364 g/mol. The van der Waals surface area contributed by atoms with Crippen LogP contribution in [0, 0.1) is 5.82 Å². The van der Waals surface area contributed by atoms with E-state index in [4.69, 9.17) is 10.7 Å². The van der Waals surface area contributed by atoms with Crippen molar-refractivity contribution in [2.75, 3.05) is 5.73 Å². The van der Waals surface area contributed by atoms with Crippen LogP contribution < -0.4 is 5.73 Å². The summed E-state index contributed by atoms with van der Waals surface area (Å²) in [5, 5.41) is 10.4. The number of aromatic hydroxyl groups is 1. The van der Waals surface area contributed by atoms with Gasteiger partial charge in [-0.3, -0.25) is 0 Å². The molecule has 0 fully saturated rings. The van der Waals surface area contributed by atoms with Crippen LogP contribution in [0.2, 0.25) is 0 Å². The highest BCUT2D eigenvalue weighted by Crippen LogP contribution is 2.30. The maximum absolute atomic E-state index is 13.8. The summed E-state index contributed by atoms with van der Waals surface area (Å²) in [7, 11) is 0. The van der Waals surface area contributed by atoms with Crippen molar-refractivity contribution in [2.45, 2.75) is 32.7 Å². The Bertz CT molecular complexity index is 1140. The van der Waals surface area contributed by atoms with E-state index in [0.29, 0.717) is 17.9 Å². The third kappa shape index (κ3) is 3.07. The quantitative estimate of drug-likeness (QED) is 0.550. The van der Waals surface area contributed by atoms with Gasteiger partial charge in [0.25, 0.3) is 0 Å². The third-order valence-electron chi connectivity index (χ3n) is 4.80. The summed E-state index contributed by atoms with van der Waals surface area (Å²) in [4.78, 5) is 9.25. The lowest BCUT2D eigenvalue weighted by Crippen LogP contribution is -2.06. The molecule has 0 amide bonds. The van der Waals surface area contributed by atoms with Crippen molar-refractivity contribution in [1.82, 2.24) is 14.5 Å². The molecule has 2 heterocycles. The van der Waals surface area contributed by atoms with E-state index < -0.39 is 5.82 Å². The molecule has 0 aliphatic carbocycles. The van der Waals surface area contributed by atoms with Crippen molar-refractivity contribution in [3.05, 3.63) is 59.7 Å². The van der Waals surface area contributed by atoms with Crippen LogP contribution in [0.15, 0.2) is 42.5 Å². The Hall–Kier alpha value is -3.15. The van der Waals surface area contributed by atoms with Crippen LogP contribution >= 0.6 is 0 Å². The molecule has 3 N–H and O–H groups in total. The second kappa shape index (κ2) is 6.87. The highest BCUT2D eigenvalue weighted by molar-refractivity contribution is 6.06. The number of nitrogens with zero attached hydrogens (tertiary/aromatic N) is 3. The van der Waals surface area contributed by atoms with Gasteiger partial charge < -0.3 is 15.4 Å². The average molecular weight is 364 g/mol. The maximum Gasteiger partial charge on any atom is 0.165 e. The van der Waals surface area contributed by atoms with Crippen LogP contribution in [0.4, 0.5) is 10.2 Å². The molecule has 0 atom stereocenters. The van der Waals surface area contributed by atoms with Crippen molar-refractivity contribution in [2.24, 2.45) is 0 Å². The zero-order valence-corrected chi connectivity index (χ0v) is 15.1. The van der Waals surface area contributed by atoms with E-state index in [1.54, 1.807) is 6.07 Å². The Balaban J connectivity index is 1.95. The van der Waals surface area contributed by atoms with Gasteiger partial charge in [0.2, 0.25) is 0 Å². The summed E-state index contributed by atoms with van der Waals surface area (Å²) in [5.41, 5.74) is 9.34. The van der Waals surface area contributed by atoms with Crippen molar-refractivity contribution < 1.29 is 9.50 Å². The molecule has 0 saturated heterocycles. The van der Waals surface area contributed by atoms with Crippen molar-refractivity contribution in [3.8, 4) is 5.75 Å². The van der Waals surface area contributed by atoms with Gasteiger partial charge in [0.15, 0.2) is 17.4 Å². The number of imidazole rings is 1. The van der Waals surface area contributed by atoms with Gasteiger partial charge in [-0.15, -0.1) is 0 Å². The minimum atomic E-state index is -0.627. The number of pyridine rings is 1. The summed E-state index contributed by atoms with van der Waals surface area (Å²) in [6.07, 6.45) is 2.85. The van der Waals surface area contributed by atoms with Gasteiger partial charge >= 0.3 is 0 Å². The van der Waals surface area contributed by atoms with Crippen LogP contribution in [0.1, 0.15) is 31.2 Å². The first-order valence-electron chi connectivity index (χ1n) is 9.09. The van der Waals surface area contributed by atoms with E-state index >= 15 is 0 Å². The SMILES string of the molecule is CCCCc1nc2c(N)nc3ccccc3c2n1Cc1ccc(O)c(F)c1. The zero-order chi connectivity index (χ0) is 19.0. The Morgan fingerprint density at radius 1 is 1.15 bits per heavy atom. The van der Waals surface area contributed by atoms with Gasteiger partial charge in [0.1, 0.15) is 11.3 Å². The molecular formula is C21H21FN4O. The van der Waals surface area contributed by atoms with Crippen LogP contribution in [-0.2, 0) is 13.0 Å². The highest BCUT2D eigenvalue weighted by atomic mass is 19.1. The normalized spacial score (nSPS) is 11.5. The number of rotatable bonds is 5. The molecule has 138 valence electrons. The summed E-state index contributed by atoms with van der Waals surface area (Å²) < 4.78 is 15.9. The number of aryl methyl sites for hydroxylation is 1. The molecule has 0 aliphatic heterocycles. The molecule has 0 unspecified atom stereocenters. The molecular weight excluding hydrogens is 343 g/mol. The van der Waals surface area contributed by atoms with Crippen LogP contribution in [0.3, 0.4) is 0 Å². The van der Waals surface area contributed by atoms with E-state index in [9.17, 15) is 9.50 Å². The smallest absolute Gasteiger partial charge is 0.165 e. The summed E-state index contributed by atoms with van der Waals surface area (Å²) in [6, 6.07) is 12.3. The second-order valence-electron chi connectivity index (χ2n) is 6.71. The van der Waals surface area contributed by atoms with E-state index in [1.807, 2.05) is 24.3 Å². The van der Waals surface area contributed by atoms with Gasteiger partial charge in [-0.2, -0.15) is 0 Å². The fourth-order valence-corrected chi connectivity index (χ4v) is 3.43. The van der Waals surface area contributed by atoms with Gasteiger partial charge in [-0.25, -0.2) is 14.4 Å². The Morgan fingerprint density at radius 2 is 1.96 bits per heavy atom. The zero-order valence-electron chi connectivity index (χ0n) is 15.1. The van der Waals surface area contributed by atoms with E-state index in [2.05, 4.69) is 16.5 Å². The number of fused-ring (bicyclic) bond motifs is 3. The summed E-state index contributed by atoms with van der Waals surface area (Å²) >= 11 is 0. The van der Waals surface area contributed by atoms with Crippen molar-refractivity contribution in [3.63, 3.8) is 0 Å². The lowest BCUT2D eigenvalue weighted by molar-refractivity contribution is 0.431. The first-order chi connectivity index (χ1) is 13.1. The minimum Gasteiger partial charge on any atom is -0.505 e. The average Bonchev–Trinajstić information content (AvgIpc) is 3.02. The Labute approximate surface area is 156 Å². The maximum atomic E-state index is 13.8. The predicted octanol–water partition coefficient (Wildman–Crippen LogP) is 4.40. The number of para-hydroxylation sites is 1. The van der Waals surface area contributed by atoms with Crippen molar-refractivity contribution >= 4 is 27.8 Å². The molecule has 5 nitrogen and oxygen atoms in total. The lowest BCUT2D eigenvalue weighted by Gasteiger charge is -2.11. The first-order valence-corrected chi connectivity index (χ1v) is 9.09. The van der Waals surface area contributed by atoms with Gasteiger partial charge in [-0.05, 0) is 30.2 Å². The van der Waals surface area contributed by atoms with Crippen LogP contribution in [0.5, 0.6) is 5.75 Å². The largest absolute Gasteiger partial charge is 0.505 e. The third-order valence-corrected chi connectivity index (χ3v) is 4.80. The van der Waals surface area contributed by atoms with Crippen molar-refractivity contribution in [1.29, 1.82) is 0 Å². The number of benzene rings is 2. The number of nitrogen functional groups attached to an aromatic ring is 1. The van der Waals surface area contributed by atoms with Crippen LogP contribution in [0.25, 0.3) is 21.9 Å². The molecule has 0 radical (unpaired) electrons. The standard InChI is InChI=1S/C21H21FN4O/c1-2-3-8-18-25-19-20(14-6-4-5-7-16(14)24-21(19)23)26(18)12-13-9-10-17(27)15(22)11-13/h4-7,9-11,27H,2-3,8,12H2,1H3,(H2,23,24). The van der Waals surface area contributed by atoms with E-state index in [-0.39, 0.29) is 5.75 Å². The summed E-state index contributed by atoms with van der Waals surface area (Å²) in [6.45, 7) is 2.58. The number of unbranched alkanes of at least 4 members (excludes halogenated alkanes) is 1. The number of anilines is 1. The van der Waals surface area contributed by atoms with Crippen LogP contribution in [-0.4, -0.2) is 19.6 Å². The lowest BCUT2D eigenvalue weighted by atomic mass is 10.1. The molecule has 0 bridgehead atoms. The molecule has 2 aromatic heterocycles. The summed E-state index contributed by atoms with van der Waals surface area (Å²) in [5.74, 6) is 0.333. The molecule has 0 spiro atoms. The number of halogens is 1. The van der Waals surface area contributed by atoms with E-state index in [0.717, 1.165) is 47.1 Å². The molecule has 4 rings (SSSR count). The minimum absolute atomic E-state index is 0.348. The number of hydrogen-bond donors (Lipinski definition) is 2. The second-order valence-corrected chi connectivity index (χ2v) is 6.71. The predicted molar refractivity (Wildman–Crippen MR) is 105 cm³/mol. The molecule has 4 aromatic rings. The fourth-order valence-electron chi connectivity index (χ4n) is 3.43. The number of phenolic OH excluding ortho intramolecular Hbond substituents is 1. The van der Waals surface area contributed by atoms with Gasteiger partial charge in [0, 0.05) is 18.4 Å². The Kier molecular flexibility index (Phi) is 4.39.